The van der Waals surface area contributed by atoms with Gasteiger partial charge in [-0.05, 0) is 6.92 Å². The highest BCUT2D eigenvalue weighted by Gasteiger charge is 2.37. The van der Waals surface area contributed by atoms with Crippen LogP contribution < -0.4 is 0 Å². The summed E-state index contributed by atoms with van der Waals surface area (Å²) < 4.78 is 38.4. The molecule has 0 saturated heterocycles. The Bertz CT molecular complexity index is 570. The topological polar surface area (TPSA) is 54.6 Å². The smallest absolute Gasteiger partial charge is 0.450 e. The van der Waals surface area contributed by atoms with Crippen molar-refractivity contribution in [3.8, 4) is 0 Å². The molecule has 0 amide bonds. The first kappa shape index (κ1) is 10.9. The molecule has 0 aromatic carbocycles. The molecule has 0 bridgehead atoms. The number of alkyl halides is 3. The molecule has 2 rings (SSSR count). The van der Waals surface area contributed by atoms with E-state index in [1.165, 1.54) is 6.92 Å². The average Bonchev–Trinajstić information content (AvgIpc) is 2.64. The molecule has 86 valence electrons. The van der Waals surface area contributed by atoms with E-state index in [0.717, 1.165) is 21.9 Å². The van der Waals surface area contributed by atoms with Crippen molar-refractivity contribution in [1.29, 1.82) is 0 Å². The number of carbonyl (C=O) groups is 1. The van der Waals surface area contributed by atoms with Gasteiger partial charge in [0.25, 0.3) is 0 Å². The van der Waals surface area contributed by atoms with E-state index in [1.54, 1.807) is 0 Å². The number of imidazole rings is 1. The van der Waals surface area contributed by atoms with Gasteiger partial charge in [0.05, 0.1) is 6.20 Å². The van der Waals surface area contributed by atoms with E-state index < -0.39 is 18.0 Å². The maximum Gasteiger partial charge on any atom is 0.450 e. The van der Waals surface area contributed by atoms with Crippen LogP contribution in [0.4, 0.5) is 13.2 Å². The lowest BCUT2D eigenvalue weighted by Crippen LogP contribution is -2.11. The summed E-state index contributed by atoms with van der Waals surface area (Å²) in [5.41, 5.74) is 0.0392. The van der Waals surface area contributed by atoms with Crippen LogP contribution in [-0.4, -0.2) is 20.5 Å². The second kappa shape index (κ2) is 3.21. The van der Waals surface area contributed by atoms with E-state index in [9.17, 15) is 18.0 Å². The number of carboxylic acid groups (broad SMARTS) is 1. The van der Waals surface area contributed by atoms with Crippen molar-refractivity contribution in [2.24, 2.45) is 0 Å². The van der Waals surface area contributed by atoms with Gasteiger partial charge < -0.3 is 5.11 Å². The van der Waals surface area contributed by atoms with E-state index in [2.05, 4.69) is 4.98 Å². The van der Waals surface area contributed by atoms with Gasteiger partial charge in [-0.15, -0.1) is 11.3 Å². The summed E-state index contributed by atoms with van der Waals surface area (Å²) >= 11 is 0.770. The van der Waals surface area contributed by atoms with Crippen molar-refractivity contribution in [2.45, 2.75) is 13.1 Å². The fourth-order valence-electron chi connectivity index (χ4n) is 1.41. The van der Waals surface area contributed by atoms with Crippen LogP contribution >= 0.6 is 11.3 Å². The molecular formula is C8H5F3N2O2S. The third-order valence-electron chi connectivity index (χ3n) is 2.05. The monoisotopic (exact) mass is 250 g/mol. The molecule has 0 atom stereocenters. The Balaban J connectivity index is 2.77. The number of halogens is 3. The molecule has 16 heavy (non-hydrogen) atoms. The van der Waals surface area contributed by atoms with Gasteiger partial charge in [-0.25, -0.2) is 9.78 Å². The number of aromatic nitrogens is 2. The SMILES string of the molecule is Cc1c(C(=O)O)sc2cnc(C(F)(F)F)n12. The molecule has 0 unspecified atom stereocenters. The summed E-state index contributed by atoms with van der Waals surface area (Å²) in [7, 11) is 0. The zero-order valence-electron chi connectivity index (χ0n) is 7.87. The number of rotatable bonds is 1. The fourth-order valence-corrected chi connectivity index (χ4v) is 2.37. The van der Waals surface area contributed by atoms with Crippen LogP contribution in [0.15, 0.2) is 6.20 Å². The van der Waals surface area contributed by atoms with Crippen LogP contribution in [0.5, 0.6) is 0 Å². The Labute approximate surface area is 91.0 Å². The van der Waals surface area contributed by atoms with Gasteiger partial charge >= 0.3 is 12.1 Å². The minimum Gasteiger partial charge on any atom is -0.477 e. The largest absolute Gasteiger partial charge is 0.477 e. The van der Waals surface area contributed by atoms with Gasteiger partial charge in [0.2, 0.25) is 5.82 Å². The predicted molar refractivity (Wildman–Crippen MR) is 49.8 cm³/mol. The molecule has 2 aromatic heterocycles. The summed E-state index contributed by atoms with van der Waals surface area (Å²) in [6, 6.07) is 0. The molecule has 0 aliphatic carbocycles. The maximum atomic E-state index is 12.5. The molecule has 2 heterocycles. The Morgan fingerprint density at radius 3 is 2.69 bits per heavy atom. The van der Waals surface area contributed by atoms with Crippen LogP contribution in [0.3, 0.4) is 0 Å². The lowest BCUT2D eigenvalue weighted by molar-refractivity contribution is -0.145. The van der Waals surface area contributed by atoms with Crippen molar-refractivity contribution in [3.05, 3.63) is 22.6 Å². The number of fused-ring (bicyclic) bond motifs is 1. The van der Waals surface area contributed by atoms with Crippen molar-refractivity contribution >= 4 is 22.1 Å². The third-order valence-corrected chi connectivity index (χ3v) is 3.22. The molecule has 8 heteroatoms. The number of aryl methyl sites for hydroxylation is 1. The van der Waals surface area contributed by atoms with Gasteiger partial charge in [-0.1, -0.05) is 0 Å². The zero-order valence-corrected chi connectivity index (χ0v) is 8.69. The summed E-state index contributed by atoms with van der Waals surface area (Å²) in [4.78, 5) is 14.0. The molecule has 1 N–H and O–H groups in total. The Morgan fingerprint density at radius 2 is 2.19 bits per heavy atom. The van der Waals surface area contributed by atoms with Crippen molar-refractivity contribution in [1.82, 2.24) is 9.38 Å². The standard InChI is InChI=1S/C8H5F3N2O2S/c1-3-5(6(14)15)16-4-2-12-7(13(3)4)8(9,10)11/h2H,1H3,(H,14,15). The second-order valence-corrected chi connectivity index (χ2v) is 4.11. The minimum absolute atomic E-state index is 0.0392. The minimum atomic E-state index is -4.59. The van der Waals surface area contributed by atoms with Crippen LogP contribution in [0.2, 0.25) is 0 Å². The number of hydrogen-bond acceptors (Lipinski definition) is 3. The van der Waals surface area contributed by atoms with Gasteiger partial charge in [0, 0.05) is 5.69 Å². The van der Waals surface area contributed by atoms with Crippen molar-refractivity contribution < 1.29 is 23.1 Å². The molecule has 0 aliphatic rings. The van der Waals surface area contributed by atoms with Gasteiger partial charge in [0.1, 0.15) is 9.71 Å². The van der Waals surface area contributed by atoms with Crippen molar-refractivity contribution in [2.75, 3.05) is 0 Å². The highest BCUT2D eigenvalue weighted by Crippen LogP contribution is 2.33. The van der Waals surface area contributed by atoms with E-state index in [4.69, 9.17) is 5.11 Å². The lowest BCUT2D eigenvalue weighted by atomic mass is 10.4. The van der Waals surface area contributed by atoms with Crippen molar-refractivity contribution in [3.63, 3.8) is 0 Å². The normalized spacial score (nSPS) is 12.2. The summed E-state index contributed by atoms with van der Waals surface area (Å²) in [5, 5.41) is 8.77. The fraction of sp³-hybridized carbons (Fsp3) is 0.250. The Morgan fingerprint density at radius 1 is 1.56 bits per heavy atom. The average molecular weight is 250 g/mol. The van der Waals surface area contributed by atoms with E-state index in [0.29, 0.717) is 0 Å². The second-order valence-electron chi connectivity index (χ2n) is 3.07. The predicted octanol–water partition coefficient (Wildman–Crippen LogP) is 2.42. The molecule has 0 fully saturated rings. The number of hydrogen-bond donors (Lipinski definition) is 1. The van der Waals surface area contributed by atoms with Crippen LogP contribution in [0.25, 0.3) is 4.83 Å². The highest BCUT2D eigenvalue weighted by atomic mass is 32.1. The first-order valence-corrected chi connectivity index (χ1v) is 4.91. The molecule has 0 radical (unpaired) electrons. The molecule has 0 spiro atoms. The molecule has 0 aliphatic heterocycles. The lowest BCUT2D eigenvalue weighted by Gasteiger charge is -2.04. The van der Waals surface area contributed by atoms with Crippen LogP contribution in [-0.2, 0) is 6.18 Å². The summed E-state index contributed by atoms with van der Waals surface area (Å²) in [6.45, 7) is 1.32. The summed E-state index contributed by atoms with van der Waals surface area (Å²) in [5.74, 6) is -2.33. The highest BCUT2D eigenvalue weighted by molar-refractivity contribution is 7.19. The van der Waals surface area contributed by atoms with E-state index >= 15 is 0 Å². The van der Waals surface area contributed by atoms with Gasteiger partial charge in [0.15, 0.2) is 0 Å². The summed E-state index contributed by atoms with van der Waals surface area (Å²) in [6.07, 6.45) is -3.57. The molecule has 2 aromatic rings. The number of nitrogens with zero attached hydrogens (tertiary/aromatic N) is 2. The Kier molecular flexibility index (Phi) is 2.19. The van der Waals surface area contributed by atoms with E-state index in [-0.39, 0.29) is 15.4 Å². The third kappa shape index (κ3) is 1.45. The molecule has 4 nitrogen and oxygen atoms in total. The van der Waals surface area contributed by atoms with E-state index in [1.807, 2.05) is 0 Å². The number of aromatic carboxylic acids is 1. The zero-order chi connectivity index (χ0) is 12.1. The number of carboxylic acids is 1. The van der Waals surface area contributed by atoms with Crippen LogP contribution in [0, 0.1) is 6.92 Å². The Hall–Kier alpha value is -1.57. The number of thiazole rings is 1. The van der Waals surface area contributed by atoms with Gasteiger partial charge in [-0.3, -0.25) is 4.40 Å². The van der Waals surface area contributed by atoms with Gasteiger partial charge in [-0.2, -0.15) is 13.2 Å². The molecular weight excluding hydrogens is 245 g/mol. The first-order valence-electron chi connectivity index (χ1n) is 4.09. The quantitative estimate of drug-likeness (QED) is 0.845. The maximum absolute atomic E-state index is 12.5. The van der Waals surface area contributed by atoms with Crippen LogP contribution in [0.1, 0.15) is 21.2 Å². The molecule has 0 saturated carbocycles. The first-order chi connectivity index (χ1) is 7.32.